The first-order chi connectivity index (χ1) is 16.5. The third-order valence-corrected chi connectivity index (χ3v) is 7.28. The van der Waals surface area contributed by atoms with Gasteiger partial charge in [-0.2, -0.15) is 0 Å². The Balaban J connectivity index is 1.34. The number of amides is 1. The molecule has 2 aromatic heterocycles. The summed E-state index contributed by atoms with van der Waals surface area (Å²) in [5.41, 5.74) is 2.68. The van der Waals surface area contributed by atoms with Crippen LogP contribution in [0, 0.1) is 20.8 Å². The lowest BCUT2D eigenvalue weighted by Gasteiger charge is -2.43. The van der Waals surface area contributed by atoms with E-state index in [0.717, 1.165) is 60.3 Å². The molecule has 2 aliphatic rings. The minimum Gasteiger partial charge on any atom is -0.381 e. The summed E-state index contributed by atoms with van der Waals surface area (Å²) in [7, 11) is 0. The Morgan fingerprint density at radius 2 is 1.62 bits per heavy atom. The fourth-order valence-electron chi connectivity index (χ4n) is 5.10. The maximum atomic E-state index is 13.9. The van der Waals surface area contributed by atoms with Gasteiger partial charge in [-0.25, -0.2) is 15.0 Å². The molecule has 1 aromatic carbocycles. The van der Waals surface area contributed by atoms with E-state index >= 15 is 0 Å². The largest absolute Gasteiger partial charge is 0.381 e. The molecule has 3 aromatic rings. The van der Waals surface area contributed by atoms with Gasteiger partial charge in [-0.15, -0.1) is 0 Å². The number of aryl methyl sites for hydroxylation is 2. The third kappa shape index (κ3) is 4.07. The van der Waals surface area contributed by atoms with E-state index in [1.165, 1.54) is 0 Å². The molecule has 0 radical (unpaired) electrons. The van der Waals surface area contributed by atoms with Crippen molar-refractivity contribution in [3.05, 3.63) is 65.5 Å². The highest BCUT2D eigenvalue weighted by molar-refractivity contribution is 5.88. The van der Waals surface area contributed by atoms with Crippen LogP contribution in [0.4, 0.5) is 5.82 Å². The van der Waals surface area contributed by atoms with Crippen molar-refractivity contribution < 1.29 is 9.53 Å². The van der Waals surface area contributed by atoms with Crippen LogP contribution < -0.4 is 4.90 Å². The fourth-order valence-corrected chi connectivity index (χ4v) is 5.10. The molecule has 0 bridgehead atoms. The highest BCUT2D eigenvalue weighted by atomic mass is 16.5. The lowest BCUT2D eigenvalue weighted by atomic mass is 9.73. The summed E-state index contributed by atoms with van der Waals surface area (Å²) in [5.74, 6) is 2.67. The van der Waals surface area contributed by atoms with Crippen molar-refractivity contribution in [3.63, 3.8) is 0 Å². The lowest BCUT2D eigenvalue weighted by Crippen LogP contribution is -2.56. The predicted molar refractivity (Wildman–Crippen MR) is 130 cm³/mol. The van der Waals surface area contributed by atoms with Gasteiger partial charge in [0.1, 0.15) is 23.8 Å². The van der Waals surface area contributed by atoms with Gasteiger partial charge in [0, 0.05) is 51.2 Å². The average molecular weight is 461 g/mol. The first kappa shape index (κ1) is 22.5. The summed E-state index contributed by atoms with van der Waals surface area (Å²) in [6.45, 7) is 10.0. The van der Waals surface area contributed by atoms with Crippen molar-refractivity contribution in [2.75, 3.05) is 44.3 Å². The maximum Gasteiger partial charge on any atom is 0.233 e. The Hall–Kier alpha value is -3.26. The summed E-state index contributed by atoms with van der Waals surface area (Å²) >= 11 is 0. The summed E-state index contributed by atoms with van der Waals surface area (Å²) in [6, 6.07) is 12.2. The molecule has 34 heavy (non-hydrogen) atoms. The zero-order valence-corrected chi connectivity index (χ0v) is 20.2. The van der Waals surface area contributed by atoms with E-state index in [1.807, 2.05) is 60.8 Å². The Labute approximate surface area is 200 Å². The molecule has 1 amide bonds. The van der Waals surface area contributed by atoms with E-state index in [4.69, 9.17) is 9.72 Å². The van der Waals surface area contributed by atoms with Gasteiger partial charge in [0.05, 0.1) is 11.1 Å². The smallest absolute Gasteiger partial charge is 0.233 e. The summed E-state index contributed by atoms with van der Waals surface area (Å²) in [5, 5.41) is 0. The van der Waals surface area contributed by atoms with Crippen LogP contribution in [-0.4, -0.2) is 69.7 Å². The zero-order valence-electron chi connectivity index (χ0n) is 20.2. The first-order valence-electron chi connectivity index (χ1n) is 12.0. The second-order valence-electron chi connectivity index (χ2n) is 9.26. The second-order valence-corrected chi connectivity index (χ2v) is 9.26. The molecule has 0 spiro atoms. The van der Waals surface area contributed by atoms with Crippen LogP contribution in [0.5, 0.6) is 0 Å². The molecule has 8 heteroatoms. The van der Waals surface area contributed by atoms with Gasteiger partial charge < -0.3 is 14.5 Å². The standard InChI is InChI=1S/C26H32N6O2/c1-19-20(2)32(18-27-19)24-17-23(28-21(3)29-24)30-11-13-31(14-12-30)25(33)26(9-15-34-16-10-26)22-7-5-4-6-8-22/h4-8,17-18H,9-16H2,1-3H3. The zero-order chi connectivity index (χ0) is 23.7. The molecule has 2 saturated heterocycles. The van der Waals surface area contributed by atoms with Crippen molar-refractivity contribution >= 4 is 11.7 Å². The highest BCUT2D eigenvalue weighted by Crippen LogP contribution is 2.37. The minimum absolute atomic E-state index is 0.228. The number of aromatic nitrogens is 4. The van der Waals surface area contributed by atoms with Crippen molar-refractivity contribution in [2.45, 2.75) is 39.0 Å². The molecule has 178 valence electrons. The number of benzene rings is 1. The van der Waals surface area contributed by atoms with Gasteiger partial charge in [-0.1, -0.05) is 30.3 Å². The van der Waals surface area contributed by atoms with E-state index in [2.05, 4.69) is 27.0 Å². The molecule has 0 aliphatic carbocycles. The second kappa shape index (κ2) is 9.18. The monoisotopic (exact) mass is 460 g/mol. The number of carbonyl (C=O) groups is 1. The van der Waals surface area contributed by atoms with Crippen LogP contribution in [0.1, 0.15) is 35.6 Å². The maximum absolute atomic E-state index is 13.9. The quantitative estimate of drug-likeness (QED) is 0.596. The van der Waals surface area contributed by atoms with Crippen LogP contribution in [0.25, 0.3) is 5.82 Å². The average Bonchev–Trinajstić information content (AvgIpc) is 3.22. The van der Waals surface area contributed by atoms with E-state index < -0.39 is 5.41 Å². The predicted octanol–water partition coefficient (Wildman–Crippen LogP) is 2.98. The molecule has 2 fully saturated rings. The van der Waals surface area contributed by atoms with Crippen LogP contribution >= 0.6 is 0 Å². The van der Waals surface area contributed by atoms with Crippen LogP contribution in [0.2, 0.25) is 0 Å². The molecular weight excluding hydrogens is 428 g/mol. The van der Waals surface area contributed by atoms with Gasteiger partial charge in [0.25, 0.3) is 0 Å². The fraction of sp³-hybridized carbons (Fsp3) is 0.462. The Morgan fingerprint density at radius 1 is 0.941 bits per heavy atom. The summed E-state index contributed by atoms with van der Waals surface area (Å²) in [6.07, 6.45) is 3.27. The molecule has 5 rings (SSSR count). The molecule has 8 nitrogen and oxygen atoms in total. The van der Waals surface area contributed by atoms with E-state index in [-0.39, 0.29) is 5.91 Å². The lowest BCUT2D eigenvalue weighted by molar-refractivity contribution is -0.141. The van der Waals surface area contributed by atoms with E-state index in [1.54, 1.807) is 0 Å². The number of rotatable bonds is 4. The molecule has 0 N–H and O–H groups in total. The number of ether oxygens (including phenoxy) is 1. The molecule has 0 unspecified atom stereocenters. The summed E-state index contributed by atoms with van der Waals surface area (Å²) in [4.78, 5) is 31.9. The van der Waals surface area contributed by atoms with Gasteiger partial charge in [-0.3, -0.25) is 9.36 Å². The van der Waals surface area contributed by atoms with Gasteiger partial charge in [0.2, 0.25) is 5.91 Å². The van der Waals surface area contributed by atoms with Gasteiger partial charge in [0.15, 0.2) is 0 Å². The molecule has 0 saturated carbocycles. The van der Waals surface area contributed by atoms with Crippen LogP contribution in [-0.2, 0) is 14.9 Å². The Morgan fingerprint density at radius 3 is 2.26 bits per heavy atom. The molecular formula is C26H32N6O2. The van der Waals surface area contributed by atoms with Gasteiger partial charge in [-0.05, 0) is 39.2 Å². The van der Waals surface area contributed by atoms with Crippen LogP contribution in [0.3, 0.4) is 0 Å². The normalized spacial score (nSPS) is 18.2. The van der Waals surface area contributed by atoms with Crippen molar-refractivity contribution in [3.8, 4) is 5.82 Å². The highest BCUT2D eigenvalue weighted by Gasteiger charge is 2.44. The number of nitrogens with zero attached hydrogens (tertiary/aromatic N) is 6. The SMILES string of the molecule is Cc1nc(N2CCN(C(=O)C3(c4ccccc4)CCOCC3)CC2)cc(-n2cnc(C)c2C)n1. The Bertz CT molecular complexity index is 1160. The number of anilines is 1. The van der Waals surface area contributed by atoms with E-state index in [0.29, 0.717) is 26.3 Å². The van der Waals surface area contributed by atoms with Crippen molar-refractivity contribution in [2.24, 2.45) is 0 Å². The van der Waals surface area contributed by atoms with Crippen molar-refractivity contribution in [1.29, 1.82) is 0 Å². The first-order valence-corrected chi connectivity index (χ1v) is 12.0. The minimum atomic E-state index is -0.489. The summed E-state index contributed by atoms with van der Waals surface area (Å²) < 4.78 is 7.63. The molecule has 2 aliphatic heterocycles. The molecule has 0 atom stereocenters. The number of carbonyl (C=O) groups excluding carboxylic acids is 1. The van der Waals surface area contributed by atoms with Crippen molar-refractivity contribution in [1.82, 2.24) is 24.4 Å². The van der Waals surface area contributed by atoms with Gasteiger partial charge >= 0.3 is 0 Å². The number of hydrogen-bond donors (Lipinski definition) is 0. The number of hydrogen-bond acceptors (Lipinski definition) is 6. The molecule has 4 heterocycles. The third-order valence-electron chi connectivity index (χ3n) is 7.28. The Kier molecular flexibility index (Phi) is 6.08. The van der Waals surface area contributed by atoms with E-state index in [9.17, 15) is 4.79 Å². The van der Waals surface area contributed by atoms with Crippen LogP contribution in [0.15, 0.2) is 42.7 Å². The number of imidazole rings is 1. The topological polar surface area (TPSA) is 76.4 Å². The number of piperazine rings is 1.